The van der Waals surface area contributed by atoms with Gasteiger partial charge in [-0.1, -0.05) is 13.8 Å². The van der Waals surface area contributed by atoms with Gasteiger partial charge in [0.1, 0.15) is 5.82 Å². The molecule has 0 amide bonds. The van der Waals surface area contributed by atoms with E-state index in [-0.39, 0.29) is 6.54 Å². The zero-order valence-corrected chi connectivity index (χ0v) is 14.9. The summed E-state index contributed by atoms with van der Waals surface area (Å²) in [6.45, 7) is 5.00. The van der Waals surface area contributed by atoms with Gasteiger partial charge in [-0.2, -0.15) is 0 Å². The molecule has 1 aromatic heterocycles. The van der Waals surface area contributed by atoms with Gasteiger partial charge < -0.3 is 16.4 Å². The number of hydrogen-bond donors (Lipinski definition) is 3. The maximum Gasteiger partial charge on any atom is 0.273 e. The summed E-state index contributed by atoms with van der Waals surface area (Å²) in [6, 6.07) is 3.40. The summed E-state index contributed by atoms with van der Waals surface area (Å²) in [7, 11) is 0. The number of nitrogens with two attached hydrogens (primary N) is 1. The molecule has 0 aliphatic heterocycles. The largest absolute Gasteiger partial charge is 0.399 e. The Bertz CT molecular complexity index is 767. The Morgan fingerprint density at radius 3 is 2.50 bits per heavy atom. The summed E-state index contributed by atoms with van der Waals surface area (Å²) < 4.78 is 40.2. The number of nitrogens with one attached hydrogen (secondary N) is 2. The molecule has 2 rings (SSSR count). The molecule has 0 saturated carbocycles. The standard InChI is InChI=1S/C18H22F3N5/c1-11(2)12-7-24-17(25-8-12)26-10-13(22)9-23-14-4-5-16(19)15(6-14)18(3,20)21/h4-9,11,23H,10,22H2,1-3H3,(H,24,25,26)/b13-9-. The summed E-state index contributed by atoms with van der Waals surface area (Å²) in [6.07, 6.45) is 4.92. The molecule has 8 heteroatoms. The van der Waals surface area contributed by atoms with Crippen LogP contribution in [-0.4, -0.2) is 16.5 Å². The van der Waals surface area contributed by atoms with Gasteiger partial charge in [-0.15, -0.1) is 0 Å². The fraction of sp³-hybridized carbons (Fsp3) is 0.333. The Morgan fingerprint density at radius 1 is 1.27 bits per heavy atom. The molecule has 0 unspecified atom stereocenters. The van der Waals surface area contributed by atoms with Crippen molar-refractivity contribution in [3.8, 4) is 0 Å². The third-order valence-electron chi connectivity index (χ3n) is 3.65. The first kappa shape index (κ1) is 19.6. The summed E-state index contributed by atoms with van der Waals surface area (Å²) in [4.78, 5) is 8.38. The van der Waals surface area contributed by atoms with E-state index in [0.29, 0.717) is 30.2 Å². The first-order valence-electron chi connectivity index (χ1n) is 8.11. The van der Waals surface area contributed by atoms with E-state index >= 15 is 0 Å². The number of halogens is 3. The molecule has 26 heavy (non-hydrogen) atoms. The van der Waals surface area contributed by atoms with E-state index in [2.05, 4.69) is 20.6 Å². The minimum Gasteiger partial charge on any atom is -0.399 e. The van der Waals surface area contributed by atoms with Gasteiger partial charge in [-0.25, -0.2) is 23.1 Å². The lowest BCUT2D eigenvalue weighted by Gasteiger charge is -2.13. The van der Waals surface area contributed by atoms with Crippen molar-refractivity contribution in [2.45, 2.75) is 32.6 Å². The number of aromatic nitrogens is 2. The summed E-state index contributed by atoms with van der Waals surface area (Å²) in [5.41, 5.74) is 6.92. The minimum absolute atomic E-state index is 0.256. The van der Waals surface area contributed by atoms with Gasteiger partial charge >= 0.3 is 0 Å². The van der Waals surface area contributed by atoms with Crippen LogP contribution in [0.15, 0.2) is 42.5 Å². The fourth-order valence-corrected chi connectivity index (χ4v) is 2.09. The van der Waals surface area contributed by atoms with Crippen LogP contribution < -0.4 is 16.4 Å². The number of nitrogens with zero attached hydrogens (tertiary/aromatic N) is 2. The molecular formula is C18H22F3N5. The average Bonchev–Trinajstić information content (AvgIpc) is 2.58. The van der Waals surface area contributed by atoms with Crippen molar-refractivity contribution < 1.29 is 13.2 Å². The summed E-state index contributed by atoms with van der Waals surface area (Å²) in [5, 5.41) is 5.73. The van der Waals surface area contributed by atoms with Gasteiger partial charge in [0, 0.05) is 36.9 Å². The average molecular weight is 365 g/mol. The maximum atomic E-state index is 13.5. The Balaban J connectivity index is 1.96. The Kier molecular flexibility index (Phi) is 6.07. The van der Waals surface area contributed by atoms with Crippen LogP contribution >= 0.6 is 0 Å². The van der Waals surface area contributed by atoms with Crippen molar-refractivity contribution in [1.82, 2.24) is 9.97 Å². The topological polar surface area (TPSA) is 75.9 Å². The monoisotopic (exact) mass is 365 g/mol. The van der Waals surface area contributed by atoms with E-state index in [4.69, 9.17) is 5.73 Å². The predicted molar refractivity (Wildman–Crippen MR) is 96.5 cm³/mol. The molecule has 140 valence electrons. The highest BCUT2D eigenvalue weighted by molar-refractivity contribution is 5.49. The number of alkyl halides is 2. The highest BCUT2D eigenvalue weighted by Crippen LogP contribution is 2.31. The number of benzene rings is 1. The molecule has 0 spiro atoms. The van der Waals surface area contributed by atoms with Crippen molar-refractivity contribution >= 4 is 11.6 Å². The van der Waals surface area contributed by atoms with Crippen LogP contribution in [0.2, 0.25) is 0 Å². The van der Waals surface area contributed by atoms with Crippen molar-refractivity contribution in [2.24, 2.45) is 5.73 Å². The normalized spacial score (nSPS) is 12.3. The van der Waals surface area contributed by atoms with E-state index in [1.54, 1.807) is 12.4 Å². The van der Waals surface area contributed by atoms with Crippen LogP contribution in [0.5, 0.6) is 0 Å². The van der Waals surface area contributed by atoms with E-state index in [0.717, 1.165) is 17.7 Å². The molecule has 1 aromatic carbocycles. The number of hydrogen-bond acceptors (Lipinski definition) is 5. The van der Waals surface area contributed by atoms with E-state index in [1.807, 2.05) is 13.8 Å². The van der Waals surface area contributed by atoms with Crippen LogP contribution in [0.4, 0.5) is 24.8 Å². The van der Waals surface area contributed by atoms with Crippen LogP contribution in [-0.2, 0) is 5.92 Å². The van der Waals surface area contributed by atoms with Crippen LogP contribution in [0, 0.1) is 5.82 Å². The summed E-state index contributed by atoms with van der Waals surface area (Å²) >= 11 is 0. The van der Waals surface area contributed by atoms with Gasteiger partial charge in [-0.3, -0.25) is 0 Å². The molecule has 5 nitrogen and oxygen atoms in total. The quantitative estimate of drug-likeness (QED) is 0.686. The predicted octanol–water partition coefficient (Wildman–Crippen LogP) is 4.17. The van der Waals surface area contributed by atoms with Crippen LogP contribution in [0.1, 0.15) is 37.8 Å². The molecule has 0 bridgehead atoms. The third kappa shape index (κ3) is 5.37. The first-order valence-corrected chi connectivity index (χ1v) is 8.11. The number of anilines is 2. The minimum atomic E-state index is -3.27. The van der Waals surface area contributed by atoms with E-state index in [9.17, 15) is 13.2 Å². The van der Waals surface area contributed by atoms with Gasteiger partial charge in [0.2, 0.25) is 5.95 Å². The van der Waals surface area contributed by atoms with E-state index < -0.39 is 17.3 Å². The lowest BCUT2D eigenvalue weighted by molar-refractivity contribution is 0.0138. The highest BCUT2D eigenvalue weighted by atomic mass is 19.3. The molecule has 1 heterocycles. The molecule has 0 aliphatic rings. The zero-order valence-electron chi connectivity index (χ0n) is 14.9. The SMILES string of the molecule is CC(C)c1cnc(NC/C(N)=C/Nc2ccc(F)c(C(C)(F)F)c2)nc1. The lowest BCUT2D eigenvalue weighted by atomic mass is 10.1. The number of rotatable bonds is 7. The summed E-state index contributed by atoms with van der Waals surface area (Å²) in [5.74, 6) is -3.45. The van der Waals surface area contributed by atoms with E-state index in [1.165, 1.54) is 12.3 Å². The highest BCUT2D eigenvalue weighted by Gasteiger charge is 2.28. The van der Waals surface area contributed by atoms with Crippen LogP contribution in [0.3, 0.4) is 0 Å². The second-order valence-corrected chi connectivity index (χ2v) is 6.29. The Hall–Kier alpha value is -2.77. The molecule has 0 radical (unpaired) electrons. The third-order valence-corrected chi connectivity index (χ3v) is 3.65. The Labute approximate surface area is 150 Å². The van der Waals surface area contributed by atoms with Crippen molar-refractivity contribution in [3.63, 3.8) is 0 Å². The smallest absolute Gasteiger partial charge is 0.273 e. The van der Waals surface area contributed by atoms with Gasteiger partial charge in [0.05, 0.1) is 12.1 Å². The van der Waals surface area contributed by atoms with Gasteiger partial charge in [-0.05, 0) is 29.7 Å². The molecule has 0 aliphatic carbocycles. The second kappa shape index (κ2) is 8.07. The molecule has 0 fully saturated rings. The van der Waals surface area contributed by atoms with Crippen molar-refractivity contribution in [1.29, 1.82) is 0 Å². The molecule has 4 N–H and O–H groups in total. The lowest BCUT2D eigenvalue weighted by Crippen LogP contribution is -2.15. The molecular weight excluding hydrogens is 343 g/mol. The molecule has 2 aromatic rings. The molecule has 0 atom stereocenters. The van der Waals surface area contributed by atoms with Crippen LogP contribution in [0.25, 0.3) is 0 Å². The van der Waals surface area contributed by atoms with Crippen molar-refractivity contribution in [3.05, 3.63) is 59.4 Å². The maximum absolute atomic E-state index is 13.5. The molecule has 0 saturated heterocycles. The fourth-order valence-electron chi connectivity index (χ4n) is 2.09. The Morgan fingerprint density at radius 2 is 1.92 bits per heavy atom. The first-order chi connectivity index (χ1) is 12.2. The zero-order chi connectivity index (χ0) is 19.3. The van der Waals surface area contributed by atoms with Crippen molar-refractivity contribution in [2.75, 3.05) is 17.2 Å². The van der Waals surface area contributed by atoms with Gasteiger partial charge in [0.15, 0.2) is 0 Å². The van der Waals surface area contributed by atoms with Gasteiger partial charge in [0.25, 0.3) is 5.92 Å². The second-order valence-electron chi connectivity index (χ2n) is 6.29.